The van der Waals surface area contributed by atoms with Crippen LogP contribution in [0.1, 0.15) is 20.3 Å². The van der Waals surface area contributed by atoms with Crippen LogP contribution < -0.4 is 10.1 Å². The van der Waals surface area contributed by atoms with Crippen molar-refractivity contribution in [3.8, 4) is 28.3 Å². The topological polar surface area (TPSA) is 109 Å². The van der Waals surface area contributed by atoms with Crippen LogP contribution in [0.3, 0.4) is 0 Å². The highest BCUT2D eigenvalue weighted by Gasteiger charge is 2.26. The van der Waals surface area contributed by atoms with E-state index in [1.54, 1.807) is 4.68 Å². The van der Waals surface area contributed by atoms with Crippen LogP contribution in [0.25, 0.3) is 22.5 Å². The number of hydrogen-bond acceptors (Lipinski definition) is 7. The van der Waals surface area contributed by atoms with Gasteiger partial charge in [0.1, 0.15) is 18.9 Å². The Morgan fingerprint density at radius 3 is 2.49 bits per heavy atom. The van der Waals surface area contributed by atoms with Crippen molar-refractivity contribution in [1.29, 1.82) is 0 Å². The maximum absolute atomic E-state index is 12.9. The van der Waals surface area contributed by atoms with Gasteiger partial charge in [0.15, 0.2) is 0 Å². The first-order chi connectivity index (χ1) is 18.4. The third-order valence-electron chi connectivity index (χ3n) is 6.48. The van der Waals surface area contributed by atoms with E-state index < -0.39 is 13.1 Å². The Kier molecular flexibility index (Phi) is 11.8. The molecular formula is C28H38BClN4O5. The normalized spacial score (nSPS) is 14.5. The summed E-state index contributed by atoms with van der Waals surface area (Å²) < 4.78 is 13.1. The van der Waals surface area contributed by atoms with E-state index in [0.29, 0.717) is 13.0 Å². The Hall–Kier alpha value is -2.89. The predicted octanol–water partition coefficient (Wildman–Crippen LogP) is 2.89. The highest BCUT2D eigenvalue weighted by atomic mass is 35.5. The molecule has 2 aromatic carbocycles. The van der Waals surface area contributed by atoms with E-state index in [1.807, 2.05) is 74.5 Å². The van der Waals surface area contributed by atoms with Crippen LogP contribution in [-0.4, -0.2) is 83.2 Å². The number of nitrogens with one attached hydrogen (secondary N) is 1. The van der Waals surface area contributed by atoms with Crippen molar-refractivity contribution in [3.63, 3.8) is 0 Å². The molecule has 1 atom stereocenters. The third kappa shape index (κ3) is 9.08. The number of halogens is 1. The van der Waals surface area contributed by atoms with E-state index in [4.69, 9.17) is 14.6 Å². The Labute approximate surface area is 236 Å². The zero-order valence-corrected chi connectivity index (χ0v) is 23.3. The van der Waals surface area contributed by atoms with Crippen LogP contribution in [0, 0.1) is 5.92 Å². The maximum atomic E-state index is 12.9. The number of carbonyl (C=O) groups excluding carboxylic acids is 1. The molecule has 4 rings (SSSR count). The molecule has 0 spiro atoms. The molecule has 0 aliphatic carbocycles. The fourth-order valence-electron chi connectivity index (χ4n) is 4.53. The number of ether oxygens (including phenoxy) is 2. The summed E-state index contributed by atoms with van der Waals surface area (Å²) in [5.74, 6) is -0.126. The summed E-state index contributed by atoms with van der Waals surface area (Å²) in [6.45, 7) is 8.68. The van der Waals surface area contributed by atoms with Crippen LogP contribution in [0.4, 0.5) is 0 Å². The second-order valence-electron chi connectivity index (χ2n) is 9.99. The predicted molar refractivity (Wildman–Crippen MR) is 155 cm³/mol. The number of amides is 1. The monoisotopic (exact) mass is 556 g/mol. The van der Waals surface area contributed by atoms with Crippen molar-refractivity contribution in [3.05, 3.63) is 60.7 Å². The number of morpholine rings is 1. The fraction of sp³-hybridized carbons (Fsp3) is 0.429. The maximum Gasteiger partial charge on any atom is 0.475 e. The summed E-state index contributed by atoms with van der Waals surface area (Å²) in [4.78, 5) is 15.2. The molecule has 1 aromatic heterocycles. The van der Waals surface area contributed by atoms with Crippen LogP contribution in [0.5, 0.6) is 5.75 Å². The standard InChI is InChI=1S/C28H37BN4O5.ClH/c1-21(2)17-27(29(35)36)30-28(34)20-33-26(22-7-4-3-5-8-22)19-25(31-33)23-9-6-10-24(18-23)38-16-13-32-11-14-37-15-12-32;/h3-10,18-19,21,27,35-36H,11-17,20H2,1-2H3,(H,30,34);1H/t27-;/m0./s1. The molecule has 0 unspecified atom stereocenters. The fourth-order valence-corrected chi connectivity index (χ4v) is 4.53. The minimum atomic E-state index is -1.63. The molecule has 1 amide bonds. The van der Waals surface area contributed by atoms with Crippen molar-refractivity contribution in [1.82, 2.24) is 20.0 Å². The Balaban J connectivity index is 0.00000420. The van der Waals surface area contributed by atoms with Crippen LogP contribution in [0.2, 0.25) is 0 Å². The van der Waals surface area contributed by atoms with Crippen molar-refractivity contribution in [2.45, 2.75) is 32.8 Å². The molecule has 1 aliphatic rings. The first-order valence-electron chi connectivity index (χ1n) is 13.2. The van der Waals surface area contributed by atoms with Gasteiger partial charge in [-0.05, 0) is 36.1 Å². The molecule has 0 radical (unpaired) electrons. The molecule has 2 heterocycles. The van der Waals surface area contributed by atoms with E-state index in [2.05, 4.69) is 10.2 Å². The number of benzene rings is 2. The minimum Gasteiger partial charge on any atom is -0.492 e. The Morgan fingerprint density at radius 2 is 1.79 bits per heavy atom. The van der Waals surface area contributed by atoms with Crippen LogP contribution in [-0.2, 0) is 16.1 Å². The highest BCUT2D eigenvalue weighted by Crippen LogP contribution is 2.28. The van der Waals surface area contributed by atoms with E-state index in [0.717, 1.165) is 61.1 Å². The lowest BCUT2D eigenvalue weighted by molar-refractivity contribution is -0.122. The molecule has 1 saturated heterocycles. The van der Waals surface area contributed by atoms with Gasteiger partial charge in [-0.3, -0.25) is 14.4 Å². The second-order valence-corrected chi connectivity index (χ2v) is 9.99. The summed E-state index contributed by atoms with van der Waals surface area (Å²) >= 11 is 0. The number of hydrogen-bond donors (Lipinski definition) is 3. The zero-order valence-electron chi connectivity index (χ0n) is 22.5. The van der Waals surface area contributed by atoms with Gasteiger partial charge in [0.2, 0.25) is 5.91 Å². The van der Waals surface area contributed by atoms with E-state index in [-0.39, 0.29) is 30.8 Å². The van der Waals surface area contributed by atoms with Gasteiger partial charge in [0, 0.05) is 25.2 Å². The first kappa shape index (κ1) is 30.7. The summed E-state index contributed by atoms with van der Waals surface area (Å²) in [6, 6.07) is 19.5. The molecule has 1 aliphatic heterocycles. The molecule has 39 heavy (non-hydrogen) atoms. The van der Waals surface area contributed by atoms with Gasteiger partial charge in [0.05, 0.1) is 30.5 Å². The molecular weight excluding hydrogens is 519 g/mol. The molecule has 3 aromatic rings. The van der Waals surface area contributed by atoms with Gasteiger partial charge in [-0.25, -0.2) is 0 Å². The quantitative estimate of drug-likeness (QED) is 0.294. The van der Waals surface area contributed by atoms with Gasteiger partial charge in [-0.15, -0.1) is 12.4 Å². The molecule has 9 nitrogen and oxygen atoms in total. The molecule has 0 bridgehead atoms. The Morgan fingerprint density at radius 1 is 1.08 bits per heavy atom. The lowest BCUT2D eigenvalue weighted by atomic mass is 9.75. The average Bonchev–Trinajstić information content (AvgIpc) is 3.33. The van der Waals surface area contributed by atoms with Crippen molar-refractivity contribution >= 4 is 25.4 Å². The van der Waals surface area contributed by atoms with E-state index in [1.165, 1.54) is 0 Å². The SMILES string of the molecule is CC(C)C[C@H](NC(=O)Cn1nc(-c2cccc(OCCN3CCOCC3)c2)cc1-c1ccccc1)B(O)O.Cl. The number of rotatable bonds is 12. The van der Waals surface area contributed by atoms with Gasteiger partial charge in [-0.1, -0.05) is 56.3 Å². The average molecular weight is 557 g/mol. The van der Waals surface area contributed by atoms with Gasteiger partial charge < -0.3 is 24.8 Å². The van der Waals surface area contributed by atoms with Crippen molar-refractivity contribution in [2.24, 2.45) is 5.92 Å². The van der Waals surface area contributed by atoms with Gasteiger partial charge in [0.25, 0.3) is 0 Å². The summed E-state index contributed by atoms with van der Waals surface area (Å²) in [7, 11) is -1.63. The number of carbonyl (C=O) groups is 1. The van der Waals surface area contributed by atoms with Crippen molar-refractivity contribution in [2.75, 3.05) is 39.5 Å². The number of nitrogens with zero attached hydrogens (tertiary/aromatic N) is 3. The largest absolute Gasteiger partial charge is 0.492 e. The highest BCUT2D eigenvalue weighted by molar-refractivity contribution is 6.43. The van der Waals surface area contributed by atoms with E-state index in [9.17, 15) is 14.8 Å². The van der Waals surface area contributed by atoms with Crippen molar-refractivity contribution < 1.29 is 24.3 Å². The summed E-state index contributed by atoms with van der Waals surface area (Å²) in [6.07, 6.45) is 0.456. The lowest BCUT2D eigenvalue weighted by Crippen LogP contribution is -2.48. The lowest BCUT2D eigenvalue weighted by Gasteiger charge is -2.26. The second kappa shape index (κ2) is 15.0. The molecule has 1 fully saturated rings. The van der Waals surface area contributed by atoms with Gasteiger partial charge in [-0.2, -0.15) is 5.10 Å². The molecule has 210 valence electrons. The van der Waals surface area contributed by atoms with Crippen LogP contribution >= 0.6 is 12.4 Å². The van der Waals surface area contributed by atoms with E-state index >= 15 is 0 Å². The zero-order chi connectivity index (χ0) is 26.9. The molecule has 11 heteroatoms. The number of aromatic nitrogens is 2. The third-order valence-corrected chi connectivity index (χ3v) is 6.48. The smallest absolute Gasteiger partial charge is 0.475 e. The summed E-state index contributed by atoms with van der Waals surface area (Å²) in [5, 5.41) is 27.0. The molecule has 3 N–H and O–H groups in total. The summed E-state index contributed by atoms with van der Waals surface area (Å²) in [5.41, 5.74) is 3.32. The van der Waals surface area contributed by atoms with Gasteiger partial charge >= 0.3 is 7.12 Å². The minimum absolute atomic E-state index is 0. The Bertz CT molecular complexity index is 1170. The molecule has 0 saturated carbocycles. The van der Waals surface area contributed by atoms with Crippen LogP contribution in [0.15, 0.2) is 60.7 Å². The first-order valence-corrected chi connectivity index (χ1v) is 13.2.